The van der Waals surface area contributed by atoms with Crippen molar-refractivity contribution in [3.8, 4) is 0 Å². The Kier molecular flexibility index (Phi) is 9.43. The van der Waals surface area contributed by atoms with Crippen LogP contribution in [0.3, 0.4) is 0 Å². The number of nitrogens with one attached hydrogen (secondary N) is 2. The van der Waals surface area contributed by atoms with Crippen LogP contribution in [0.15, 0.2) is 126 Å². The molecule has 0 saturated carbocycles. The average Bonchev–Trinajstić information content (AvgIpc) is 3.14. The first-order valence-electron chi connectivity index (χ1n) is 16.7. The molecular formula is C40H36N8O. The predicted molar refractivity (Wildman–Crippen MR) is 200 cm³/mol. The van der Waals surface area contributed by atoms with Crippen LogP contribution < -0.4 is 10.6 Å². The molecule has 7 aromatic rings. The second-order valence-corrected chi connectivity index (χ2v) is 12.0. The minimum atomic E-state index is -0.0358. The highest BCUT2D eigenvalue weighted by Crippen LogP contribution is 2.32. The van der Waals surface area contributed by atoms with Crippen LogP contribution in [0.4, 0.5) is 17.1 Å². The Labute approximate surface area is 284 Å². The van der Waals surface area contributed by atoms with E-state index in [-0.39, 0.29) is 5.91 Å². The Morgan fingerprint density at radius 3 is 1.49 bits per heavy atom. The number of pyridine rings is 2. The number of aromatic nitrogens is 2. The highest BCUT2D eigenvalue weighted by molar-refractivity contribution is 6.08. The third kappa shape index (κ3) is 6.93. The second kappa shape index (κ2) is 14.7. The van der Waals surface area contributed by atoms with E-state index in [0.29, 0.717) is 30.9 Å². The lowest BCUT2D eigenvalue weighted by Gasteiger charge is -2.24. The number of azide groups is 1. The first-order chi connectivity index (χ1) is 24.2. The topological polar surface area (TPSA) is 119 Å². The highest BCUT2D eigenvalue weighted by atomic mass is 16.2. The number of hydrogen-bond donors (Lipinski definition) is 2. The number of fused-ring (bicyclic) bond motifs is 4. The maximum absolute atomic E-state index is 13.8. The number of amides is 1. The Balaban J connectivity index is 1.03. The van der Waals surface area contributed by atoms with Crippen molar-refractivity contribution < 1.29 is 4.79 Å². The number of anilines is 2. The molecule has 9 nitrogen and oxygen atoms in total. The lowest BCUT2D eigenvalue weighted by molar-refractivity contribution is 0.0752. The SMILES string of the molecule is [N-]=[N+]=Nc1ccc(C(=O)N(CCCCNc2c3ccccc3nc3ccccc23)CCCNc2c3ccccc3nc3ccccc23)cc1. The first-order valence-corrected chi connectivity index (χ1v) is 16.7. The van der Waals surface area contributed by atoms with E-state index in [0.717, 1.165) is 80.8 Å². The Morgan fingerprint density at radius 1 is 0.592 bits per heavy atom. The van der Waals surface area contributed by atoms with Crippen molar-refractivity contribution in [2.75, 3.05) is 36.8 Å². The standard InChI is InChI=1S/C40H36N8O/c41-47-46-29-22-20-28(21-23-29)40(49)48(27-11-25-43-39-32-14-3-7-18-36(32)45-37-19-8-4-15-33(37)39)26-10-9-24-42-38-30-12-1-5-16-34(30)44-35-17-6-2-13-31(35)38/h1-8,12-23H,9-11,24-27H2,(H,42,44)(H,43,45). The monoisotopic (exact) mass is 644 g/mol. The zero-order chi connectivity index (χ0) is 33.4. The van der Waals surface area contributed by atoms with Crippen molar-refractivity contribution in [3.05, 3.63) is 137 Å². The summed E-state index contributed by atoms with van der Waals surface area (Å²) < 4.78 is 0. The molecule has 0 fully saturated rings. The van der Waals surface area contributed by atoms with Gasteiger partial charge in [-0.05, 0) is 61.2 Å². The molecule has 0 aliphatic heterocycles. The van der Waals surface area contributed by atoms with Gasteiger partial charge in [0.15, 0.2) is 0 Å². The van der Waals surface area contributed by atoms with Crippen LogP contribution in [-0.4, -0.2) is 47.0 Å². The molecule has 0 bridgehead atoms. The van der Waals surface area contributed by atoms with Crippen LogP contribution >= 0.6 is 0 Å². The van der Waals surface area contributed by atoms with Crippen molar-refractivity contribution in [1.29, 1.82) is 0 Å². The normalized spacial score (nSPS) is 11.1. The largest absolute Gasteiger partial charge is 0.384 e. The molecule has 0 saturated heterocycles. The van der Waals surface area contributed by atoms with E-state index in [1.807, 2.05) is 77.7 Å². The van der Waals surface area contributed by atoms with Crippen LogP contribution in [0.25, 0.3) is 54.1 Å². The van der Waals surface area contributed by atoms with Gasteiger partial charge in [-0.25, -0.2) is 9.97 Å². The Morgan fingerprint density at radius 2 is 1.02 bits per heavy atom. The number of unbranched alkanes of at least 4 members (excludes halogenated alkanes) is 1. The Hall–Kier alpha value is -6.18. The molecule has 2 heterocycles. The predicted octanol–water partition coefficient (Wildman–Crippen LogP) is 9.87. The maximum atomic E-state index is 13.8. The van der Waals surface area contributed by atoms with Crippen molar-refractivity contribution in [3.63, 3.8) is 0 Å². The van der Waals surface area contributed by atoms with Gasteiger partial charge in [0, 0.05) is 63.9 Å². The van der Waals surface area contributed by atoms with Gasteiger partial charge in [-0.15, -0.1) is 0 Å². The summed E-state index contributed by atoms with van der Waals surface area (Å²) in [6.07, 6.45) is 2.49. The quantitative estimate of drug-likeness (QED) is 0.0426. The molecule has 9 heteroatoms. The van der Waals surface area contributed by atoms with Crippen LogP contribution in [0.2, 0.25) is 0 Å². The van der Waals surface area contributed by atoms with Crippen molar-refractivity contribution in [1.82, 2.24) is 14.9 Å². The van der Waals surface area contributed by atoms with Gasteiger partial charge in [-0.3, -0.25) is 4.79 Å². The van der Waals surface area contributed by atoms with E-state index in [1.165, 1.54) is 0 Å². The summed E-state index contributed by atoms with van der Waals surface area (Å²) in [5.41, 5.74) is 15.8. The van der Waals surface area contributed by atoms with Crippen LogP contribution in [0.5, 0.6) is 0 Å². The van der Waals surface area contributed by atoms with Gasteiger partial charge in [0.2, 0.25) is 0 Å². The van der Waals surface area contributed by atoms with E-state index in [9.17, 15) is 4.79 Å². The minimum Gasteiger partial charge on any atom is -0.384 e. The number of para-hydroxylation sites is 4. The van der Waals surface area contributed by atoms with Crippen molar-refractivity contribution in [2.24, 2.45) is 5.11 Å². The fourth-order valence-electron chi connectivity index (χ4n) is 6.40. The molecule has 0 radical (unpaired) electrons. The molecule has 2 N–H and O–H groups in total. The maximum Gasteiger partial charge on any atom is 0.253 e. The zero-order valence-electron chi connectivity index (χ0n) is 27.1. The summed E-state index contributed by atoms with van der Waals surface area (Å²) in [6, 6.07) is 39.6. The van der Waals surface area contributed by atoms with Gasteiger partial charge < -0.3 is 15.5 Å². The number of rotatable bonds is 13. The van der Waals surface area contributed by atoms with Gasteiger partial charge in [0.1, 0.15) is 0 Å². The summed E-state index contributed by atoms with van der Waals surface area (Å²) >= 11 is 0. The summed E-state index contributed by atoms with van der Waals surface area (Å²) in [5, 5.41) is 15.4. The number of benzene rings is 5. The van der Waals surface area contributed by atoms with Gasteiger partial charge in [-0.2, -0.15) is 0 Å². The molecule has 1 amide bonds. The van der Waals surface area contributed by atoms with Crippen LogP contribution in [0.1, 0.15) is 29.6 Å². The van der Waals surface area contributed by atoms with Gasteiger partial charge in [0.25, 0.3) is 5.91 Å². The van der Waals surface area contributed by atoms with Crippen LogP contribution in [-0.2, 0) is 0 Å². The molecule has 0 atom stereocenters. The summed E-state index contributed by atoms with van der Waals surface area (Å²) in [4.78, 5) is 28.2. The fourth-order valence-corrected chi connectivity index (χ4v) is 6.40. The van der Waals surface area contributed by atoms with Gasteiger partial charge in [-0.1, -0.05) is 90.0 Å². The first kappa shape index (κ1) is 31.4. The van der Waals surface area contributed by atoms with Gasteiger partial charge >= 0.3 is 0 Å². The molecule has 2 aromatic heterocycles. The van der Waals surface area contributed by atoms with Crippen LogP contribution in [0, 0.1) is 0 Å². The molecule has 7 rings (SSSR count). The number of carbonyl (C=O) groups excluding carboxylic acids is 1. The lowest BCUT2D eigenvalue weighted by Crippen LogP contribution is -2.34. The lowest BCUT2D eigenvalue weighted by atomic mass is 10.1. The number of carbonyl (C=O) groups is 1. The zero-order valence-corrected chi connectivity index (χ0v) is 27.1. The fraction of sp³-hybridized carbons (Fsp3) is 0.175. The number of hydrogen-bond acceptors (Lipinski definition) is 6. The molecule has 0 aliphatic rings. The highest BCUT2D eigenvalue weighted by Gasteiger charge is 2.16. The molecular weight excluding hydrogens is 608 g/mol. The van der Waals surface area contributed by atoms with E-state index in [2.05, 4.69) is 44.9 Å². The smallest absolute Gasteiger partial charge is 0.253 e. The third-order valence-corrected chi connectivity index (χ3v) is 8.80. The van der Waals surface area contributed by atoms with E-state index in [4.69, 9.17) is 15.5 Å². The Bertz CT molecular complexity index is 2210. The molecule has 49 heavy (non-hydrogen) atoms. The minimum absolute atomic E-state index is 0.0358. The molecule has 242 valence electrons. The molecule has 0 spiro atoms. The second-order valence-electron chi connectivity index (χ2n) is 12.0. The van der Waals surface area contributed by atoms with Crippen molar-refractivity contribution in [2.45, 2.75) is 19.3 Å². The summed E-state index contributed by atoms with van der Waals surface area (Å²) in [7, 11) is 0. The molecule has 0 aliphatic carbocycles. The molecule has 0 unspecified atom stereocenters. The van der Waals surface area contributed by atoms with E-state index in [1.54, 1.807) is 24.3 Å². The number of nitrogens with zero attached hydrogens (tertiary/aromatic N) is 6. The van der Waals surface area contributed by atoms with E-state index < -0.39 is 0 Å². The van der Waals surface area contributed by atoms with Crippen molar-refractivity contribution >= 4 is 66.6 Å². The summed E-state index contributed by atoms with van der Waals surface area (Å²) in [6.45, 7) is 2.68. The van der Waals surface area contributed by atoms with E-state index >= 15 is 0 Å². The average molecular weight is 645 g/mol. The summed E-state index contributed by atoms with van der Waals surface area (Å²) in [5.74, 6) is -0.0358. The van der Waals surface area contributed by atoms with Gasteiger partial charge in [0.05, 0.1) is 33.4 Å². The molecule has 5 aromatic carbocycles. The third-order valence-electron chi connectivity index (χ3n) is 8.80.